The summed E-state index contributed by atoms with van der Waals surface area (Å²) in [4.78, 5) is 8.00. The molecular weight excluding hydrogens is 496 g/mol. The first-order valence-electron chi connectivity index (χ1n) is 10.2. The molecule has 33 heavy (non-hydrogen) atoms. The lowest BCUT2D eigenvalue weighted by Crippen LogP contribution is -2.42. The number of hydrogen-bond donors (Lipinski definition) is 2. The van der Waals surface area contributed by atoms with Crippen molar-refractivity contribution in [3.8, 4) is 0 Å². The minimum atomic E-state index is -1.53. The first kappa shape index (κ1) is 24.6. The monoisotopic (exact) mass is 517 g/mol. The fraction of sp³-hybridized carbons (Fsp3) is 0.455. The van der Waals surface area contributed by atoms with Crippen molar-refractivity contribution in [3.63, 3.8) is 0 Å². The highest BCUT2D eigenvalue weighted by Crippen LogP contribution is 2.46. The average molecular weight is 519 g/mol. The maximum Gasteiger partial charge on any atom is 0.162 e. The summed E-state index contributed by atoms with van der Waals surface area (Å²) in [5.41, 5.74) is -0.855. The number of halogens is 4. The molecule has 1 aliphatic rings. The Hall–Kier alpha value is -1.52. The summed E-state index contributed by atoms with van der Waals surface area (Å²) in [5.74, 6) is -2.61. The van der Waals surface area contributed by atoms with E-state index in [0.29, 0.717) is 10.6 Å². The summed E-state index contributed by atoms with van der Waals surface area (Å²) in [6.45, 7) is 6.37. The van der Waals surface area contributed by atoms with E-state index in [1.807, 2.05) is 6.92 Å². The molecule has 7 nitrogen and oxygen atoms in total. The predicted octanol–water partition coefficient (Wildman–Crippen LogP) is 5.09. The Morgan fingerprint density at radius 1 is 1.12 bits per heavy atom. The zero-order valence-corrected chi connectivity index (χ0v) is 20.5. The summed E-state index contributed by atoms with van der Waals surface area (Å²) >= 11 is 18.3. The topological polar surface area (TPSA) is 89.6 Å². The van der Waals surface area contributed by atoms with Crippen molar-refractivity contribution in [3.05, 3.63) is 57.3 Å². The summed E-state index contributed by atoms with van der Waals surface area (Å²) < 4.78 is 28.4. The Morgan fingerprint density at radius 3 is 2.45 bits per heavy atom. The van der Waals surface area contributed by atoms with E-state index in [9.17, 15) is 14.6 Å². The third-order valence-electron chi connectivity index (χ3n) is 5.84. The molecule has 2 aromatic heterocycles. The van der Waals surface area contributed by atoms with Gasteiger partial charge in [0.05, 0.1) is 21.5 Å². The Morgan fingerprint density at radius 2 is 1.82 bits per heavy atom. The van der Waals surface area contributed by atoms with Crippen LogP contribution >= 0.6 is 34.8 Å². The second-order valence-electron chi connectivity index (χ2n) is 8.86. The van der Waals surface area contributed by atoms with Crippen LogP contribution in [0, 0.1) is 11.7 Å². The molecular formula is C22H23Cl3FN3O4. The molecule has 0 aliphatic carbocycles. The second kappa shape index (κ2) is 8.61. The molecule has 5 atom stereocenters. The standard InChI is InChI=1S/C22H23Cl3FN3O4/c1-10-16(33-21(2,3)30)20(29-8-14(26)15-18(25)27-9-28-19(15)29)32-17(10)22(4,31)11-5-6-12(23)13(24)7-11/h5-10,16-17,20,30-31H,1-4H3/t10?,16-,17+,20-,22-/m1/s1. The van der Waals surface area contributed by atoms with E-state index in [0.717, 1.165) is 0 Å². The Labute approximate surface area is 205 Å². The van der Waals surface area contributed by atoms with Crippen molar-refractivity contribution in [2.45, 2.75) is 57.5 Å². The fourth-order valence-electron chi connectivity index (χ4n) is 4.32. The van der Waals surface area contributed by atoms with Crippen molar-refractivity contribution in [2.75, 3.05) is 0 Å². The molecule has 0 amide bonds. The smallest absolute Gasteiger partial charge is 0.162 e. The highest BCUT2D eigenvalue weighted by Gasteiger charge is 2.53. The SMILES string of the molecule is CC1[C@@H](OC(C)(C)O)[C@H](n2cc(F)c3c(Cl)ncnc32)O[C@@H]1[C@](C)(O)c1ccc(Cl)c(Cl)c1. The minimum absolute atomic E-state index is 0.0390. The van der Waals surface area contributed by atoms with Crippen LogP contribution < -0.4 is 0 Å². The van der Waals surface area contributed by atoms with E-state index in [2.05, 4.69) is 9.97 Å². The van der Waals surface area contributed by atoms with E-state index >= 15 is 0 Å². The molecule has 1 aliphatic heterocycles. The maximum atomic E-state index is 14.8. The molecule has 1 saturated heterocycles. The van der Waals surface area contributed by atoms with Crippen molar-refractivity contribution >= 4 is 45.8 Å². The van der Waals surface area contributed by atoms with E-state index < -0.39 is 41.6 Å². The number of rotatable bonds is 5. The lowest BCUT2D eigenvalue weighted by molar-refractivity contribution is -0.228. The summed E-state index contributed by atoms with van der Waals surface area (Å²) in [7, 11) is 0. The zero-order chi connectivity index (χ0) is 24.3. The number of ether oxygens (including phenoxy) is 2. The van der Waals surface area contributed by atoms with Gasteiger partial charge in [0.2, 0.25) is 0 Å². The largest absolute Gasteiger partial charge is 0.383 e. The number of fused-ring (bicyclic) bond motifs is 1. The van der Waals surface area contributed by atoms with Crippen molar-refractivity contribution in [1.82, 2.24) is 14.5 Å². The number of benzene rings is 1. The predicted molar refractivity (Wildman–Crippen MR) is 123 cm³/mol. The number of aromatic nitrogens is 3. The summed E-state index contributed by atoms with van der Waals surface area (Å²) in [6, 6.07) is 4.81. The molecule has 1 aromatic carbocycles. The van der Waals surface area contributed by atoms with Gasteiger partial charge in [-0.3, -0.25) is 0 Å². The van der Waals surface area contributed by atoms with Gasteiger partial charge in [-0.1, -0.05) is 47.8 Å². The lowest BCUT2D eigenvalue weighted by Gasteiger charge is -2.33. The summed E-state index contributed by atoms with van der Waals surface area (Å²) in [6.07, 6.45) is -0.144. The zero-order valence-electron chi connectivity index (χ0n) is 18.3. The van der Waals surface area contributed by atoms with Gasteiger partial charge in [0.1, 0.15) is 28.8 Å². The first-order valence-corrected chi connectivity index (χ1v) is 11.3. The van der Waals surface area contributed by atoms with Gasteiger partial charge in [-0.25, -0.2) is 14.4 Å². The average Bonchev–Trinajstić information content (AvgIpc) is 3.21. The van der Waals surface area contributed by atoms with Crippen molar-refractivity contribution in [2.24, 2.45) is 5.92 Å². The van der Waals surface area contributed by atoms with Gasteiger partial charge in [-0.05, 0) is 38.5 Å². The van der Waals surface area contributed by atoms with Crippen LogP contribution in [-0.2, 0) is 15.1 Å². The third-order valence-corrected chi connectivity index (χ3v) is 6.86. The van der Waals surface area contributed by atoms with E-state index in [4.69, 9.17) is 44.3 Å². The van der Waals surface area contributed by atoms with Gasteiger partial charge < -0.3 is 24.3 Å². The number of aliphatic hydroxyl groups is 2. The van der Waals surface area contributed by atoms with Crippen molar-refractivity contribution < 1.29 is 24.1 Å². The Bertz CT molecular complexity index is 1200. The second-order valence-corrected chi connectivity index (χ2v) is 10.0. The number of hydrogen-bond acceptors (Lipinski definition) is 6. The molecule has 4 rings (SSSR count). The van der Waals surface area contributed by atoms with Gasteiger partial charge in [-0.15, -0.1) is 0 Å². The molecule has 1 fully saturated rings. The first-order chi connectivity index (χ1) is 15.3. The van der Waals surface area contributed by atoms with Gasteiger partial charge in [0.25, 0.3) is 0 Å². The molecule has 0 radical (unpaired) electrons. The van der Waals surface area contributed by atoms with Gasteiger partial charge in [-0.2, -0.15) is 0 Å². The molecule has 3 aromatic rings. The molecule has 0 saturated carbocycles. The highest BCUT2D eigenvalue weighted by molar-refractivity contribution is 6.42. The molecule has 0 spiro atoms. The molecule has 3 heterocycles. The van der Waals surface area contributed by atoms with Crippen LogP contribution in [0.5, 0.6) is 0 Å². The quantitative estimate of drug-likeness (QED) is 0.361. The van der Waals surface area contributed by atoms with E-state index in [1.165, 1.54) is 30.9 Å². The van der Waals surface area contributed by atoms with Crippen LogP contribution in [0.15, 0.2) is 30.7 Å². The van der Waals surface area contributed by atoms with Crippen LogP contribution in [-0.4, -0.2) is 42.7 Å². The third kappa shape index (κ3) is 4.46. The normalized spacial score (nSPS) is 25.5. The van der Waals surface area contributed by atoms with Crippen LogP contribution in [0.3, 0.4) is 0 Å². The summed E-state index contributed by atoms with van der Waals surface area (Å²) in [5, 5.41) is 22.6. The van der Waals surface area contributed by atoms with Crippen LogP contribution in [0.2, 0.25) is 15.2 Å². The van der Waals surface area contributed by atoms with Gasteiger partial charge >= 0.3 is 0 Å². The number of nitrogens with zero attached hydrogens (tertiary/aromatic N) is 3. The fourth-order valence-corrected chi connectivity index (χ4v) is 4.84. The molecule has 1 unspecified atom stereocenters. The van der Waals surface area contributed by atoms with Crippen LogP contribution in [0.25, 0.3) is 11.0 Å². The van der Waals surface area contributed by atoms with Crippen LogP contribution in [0.1, 0.15) is 39.5 Å². The van der Waals surface area contributed by atoms with Gasteiger partial charge in [0, 0.05) is 12.1 Å². The highest BCUT2D eigenvalue weighted by atomic mass is 35.5. The molecule has 178 valence electrons. The van der Waals surface area contributed by atoms with Gasteiger partial charge in [0.15, 0.2) is 17.8 Å². The van der Waals surface area contributed by atoms with Crippen LogP contribution in [0.4, 0.5) is 4.39 Å². The molecule has 2 N–H and O–H groups in total. The minimum Gasteiger partial charge on any atom is -0.383 e. The van der Waals surface area contributed by atoms with Crippen molar-refractivity contribution in [1.29, 1.82) is 0 Å². The Balaban J connectivity index is 1.80. The maximum absolute atomic E-state index is 14.8. The lowest BCUT2D eigenvalue weighted by atomic mass is 9.83. The van der Waals surface area contributed by atoms with E-state index in [1.54, 1.807) is 25.1 Å². The molecule has 0 bridgehead atoms. The molecule has 11 heteroatoms. The Kier molecular flexibility index (Phi) is 6.42. The van der Waals surface area contributed by atoms with E-state index in [-0.39, 0.29) is 21.2 Å².